The minimum Gasteiger partial charge on any atom is -0.484 e. The van der Waals surface area contributed by atoms with E-state index in [4.69, 9.17) is 9.47 Å². The van der Waals surface area contributed by atoms with Gasteiger partial charge in [0.05, 0.1) is 0 Å². The van der Waals surface area contributed by atoms with Crippen LogP contribution in [0.5, 0.6) is 11.5 Å². The average molecular weight is 320 g/mol. The fourth-order valence-corrected chi connectivity index (χ4v) is 1.71. The number of aliphatic hydroxyl groups is 1. The average Bonchev–Trinajstić information content (AvgIpc) is 2.25. The summed E-state index contributed by atoms with van der Waals surface area (Å²) in [5, 5.41) is 9.38. The molecule has 0 fully saturated rings. The second kappa shape index (κ2) is 5.99. The molecule has 1 aromatic carbocycles. The van der Waals surface area contributed by atoms with Gasteiger partial charge in [0.25, 0.3) is 0 Å². The first-order valence-corrected chi connectivity index (χ1v) is 6.96. The number of ether oxygens (including phenoxy) is 2. The fourth-order valence-electron chi connectivity index (χ4n) is 1.71. The Morgan fingerprint density at radius 2 is 1.32 bits per heavy atom. The Balaban J connectivity index is 3.25. The van der Waals surface area contributed by atoms with E-state index in [1.807, 2.05) is 20.8 Å². The summed E-state index contributed by atoms with van der Waals surface area (Å²) in [5.41, 5.74) is -1.43. The Hall–Kier alpha value is -1.43. The topological polar surface area (TPSA) is 38.7 Å². The van der Waals surface area contributed by atoms with E-state index in [1.54, 1.807) is 20.8 Å². The fraction of sp³-hybridized carbons (Fsp3) is 0.625. The van der Waals surface area contributed by atoms with Crippen LogP contribution in [0.2, 0.25) is 0 Å². The molecule has 0 aliphatic heterocycles. The third-order valence-corrected chi connectivity index (χ3v) is 2.43. The van der Waals surface area contributed by atoms with E-state index in [0.717, 1.165) is 0 Å². The van der Waals surface area contributed by atoms with Gasteiger partial charge in [-0.2, -0.15) is 13.2 Å². The number of aliphatic hydroxyl groups excluding tert-OH is 1. The Morgan fingerprint density at radius 3 is 1.73 bits per heavy atom. The number of alkyl halides is 3. The van der Waals surface area contributed by atoms with Crippen LogP contribution in [0.25, 0.3) is 0 Å². The van der Waals surface area contributed by atoms with Crippen molar-refractivity contribution in [1.29, 1.82) is 0 Å². The molecule has 1 unspecified atom stereocenters. The highest BCUT2D eigenvalue weighted by molar-refractivity contribution is 5.44. The molecule has 0 aromatic heterocycles. The van der Waals surface area contributed by atoms with E-state index in [2.05, 4.69) is 0 Å². The quantitative estimate of drug-likeness (QED) is 0.882. The molecule has 0 amide bonds. The summed E-state index contributed by atoms with van der Waals surface area (Å²) in [5.74, 6) is 0.503. The number of hydrogen-bond acceptors (Lipinski definition) is 3. The number of rotatable bonds is 3. The summed E-state index contributed by atoms with van der Waals surface area (Å²) in [6.45, 7) is 10.8. The third kappa shape index (κ3) is 5.75. The first-order chi connectivity index (χ1) is 9.69. The van der Waals surface area contributed by atoms with Gasteiger partial charge in [-0.25, -0.2) is 0 Å². The van der Waals surface area contributed by atoms with Crippen molar-refractivity contribution in [3.63, 3.8) is 0 Å². The molecular formula is C16H23F3O3. The van der Waals surface area contributed by atoms with Gasteiger partial charge in [0.15, 0.2) is 17.6 Å². The van der Waals surface area contributed by atoms with Gasteiger partial charge >= 0.3 is 6.18 Å². The highest BCUT2D eigenvalue weighted by atomic mass is 19.4. The molecule has 1 aromatic rings. The molecule has 0 heterocycles. The second-order valence-corrected chi connectivity index (χ2v) is 7.08. The van der Waals surface area contributed by atoms with E-state index >= 15 is 0 Å². The molecule has 0 saturated carbocycles. The lowest BCUT2D eigenvalue weighted by molar-refractivity contribution is -0.206. The maximum Gasteiger partial charge on any atom is 0.418 e. The summed E-state index contributed by atoms with van der Waals surface area (Å²) in [6.07, 6.45) is -7.29. The van der Waals surface area contributed by atoms with Crippen LogP contribution < -0.4 is 9.47 Å². The number of hydrogen-bond donors (Lipinski definition) is 1. The molecular weight excluding hydrogens is 297 g/mol. The van der Waals surface area contributed by atoms with Crippen LogP contribution in [0.1, 0.15) is 53.2 Å². The molecule has 6 heteroatoms. The van der Waals surface area contributed by atoms with Crippen LogP contribution in [-0.2, 0) is 0 Å². The molecule has 0 radical (unpaired) electrons. The first kappa shape index (κ1) is 18.6. The van der Waals surface area contributed by atoms with Crippen LogP contribution in [0.15, 0.2) is 18.2 Å². The summed E-state index contributed by atoms with van der Waals surface area (Å²) < 4.78 is 49.4. The minimum atomic E-state index is -4.73. The van der Waals surface area contributed by atoms with E-state index in [0.29, 0.717) is 5.75 Å². The molecule has 1 atom stereocenters. The van der Waals surface area contributed by atoms with Crippen LogP contribution >= 0.6 is 0 Å². The van der Waals surface area contributed by atoms with E-state index < -0.39 is 23.5 Å². The smallest absolute Gasteiger partial charge is 0.418 e. The minimum absolute atomic E-state index is 0.170. The molecule has 22 heavy (non-hydrogen) atoms. The van der Waals surface area contributed by atoms with E-state index in [1.165, 1.54) is 18.2 Å². The van der Waals surface area contributed by atoms with Gasteiger partial charge < -0.3 is 14.6 Å². The van der Waals surface area contributed by atoms with E-state index in [-0.39, 0.29) is 11.3 Å². The van der Waals surface area contributed by atoms with Gasteiger partial charge in [0.2, 0.25) is 0 Å². The van der Waals surface area contributed by atoms with Crippen molar-refractivity contribution in [2.75, 3.05) is 0 Å². The summed E-state index contributed by atoms with van der Waals surface area (Å²) in [7, 11) is 0. The zero-order chi connectivity index (χ0) is 17.3. The maximum absolute atomic E-state index is 12.7. The third-order valence-electron chi connectivity index (χ3n) is 2.43. The zero-order valence-electron chi connectivity index (χ0n) is 13.7. The van der Waals surface area contributed by atoms with E-state index in [9.17, 15) is 18.3 Å². The van der Waals surface area contributed by atoms with Crippen LogP contribution in [0.3, 0.4) is 0 Å². The van der Waals surface area contributed by atoms with Crippen molar-refractivity contribution in [2.45, 2.75) is 65.0 Å². The number of halogens is 3. The highest BCUT2D eigenvalue weighted by Crippen LogP contribution is 2.39. The van der Waals surface area contributed by atoms with Gasteiger partial charge in [0.1, 0.15) is 11.2 Å². The highest BCUT2D eigenvalue weighted by Gasteiger charge is 2.40. The zero-order valence-corrected chi connectivity index (χ0v) is 13.7. The molecule has 126 valence electrons. The largest absolute Gasteiger partial charge is 0.484 e. The lowest BCUT2D eigenvalue weighted by Gasteiger charge is -2.28. The molecule has 3 nitrogen and oxygen atoms in total. The Bertz CT molecular complexity index is 511. The van der Waals surface area contributed by atoms with Gasteiger partial charge in [-0.1, -0.05) is 6.07 Å². The maximum atomic E-state index is 12.7. The van der Waals surface area contributed by atoms with Gasteiger partial charge in [-0.3, -0.25) is 0 Å². The van der Waals surface area contributed by atoms with Gasteiger partial charge in [0, 0.05) is 0 Å². The first-order valence-electron chi connectivity index (χ1n) is 6.96. The van der Waals surface area contributed by atoms with Crippen molar-refractivity contribution in [3.05, 3.63) is 23.8 Å². The van der Waals surface area contributed by atoms with Crippen molar-refractivity contribution < 1.29 is 27.8 Å². The standard InChI is InChI=1S/C16H23F3O3/c1-14(2,3)21-11-8-7-10(13(20)16(17,18)19)9-12(11)22-15(4,5)6/h7-9,13,20H,1-6H3. The Kier molecular flexibility index (Phi) is 5.07. The van der Waals surface area contributed by atoms with Crippen molar-refractivity contribution in [3.8, 4) is 11.5 Å². The van der Waals surface area contributed by atoms with Gasteiger partial charge in [-0.15, -0.1) is 0 Å². The predicted octanol–water partition coefficient (Wildman–Crippen LogP) is 4.64. The molecule has 0 aliphatic carbocycles. The molecule has 1 rings (SSSR count). The molecule has 0 spiro atoms. The summed E-state index contributed by atoms with van der Waals surface area (Å²) in [6, 6.07) is 3.75. The molecule has 0 saturated heterocycles. The van der Waals surface area contributed by atoms with Crippen molar-refractivity contribution in [1.82, 2.24) is 0 Å². The monoisotopic (exact) mass is 320 g/mol. The molecule has 0 aliphatic rings. The lowest BCUT2D eigenvalue weighted by atomic mass is 10.1. The van der Waals surface area contributed by atoms with Crippen molar-refractivity contribution in [2.24, 2.45) is 0 Å². The second-order valence-electron chi connectivity index (χ2n) is 7.08. The Morgan fingerprint density at radius 1 is 0.864 bits per heavy atom. The molecule has 0 bridgehead atoms. The number of benzene rings is 1. The summed E-state index contributed by atoms with van der Waals surface area (Å²) >= 11 is 0. The van der Waals surface area contributed by atoms with Crippen LogP contribution in [0, 0.1) is 0 Å². The Labute approximate surface area is 129 Å². The molecule has 1 N–H and O–H groups in total. The lowest BCUT2D eigenvalue weighted by Crippen LogP contribution is -2.27. The summed E-state index contributed by atoms with van der Waals surface area (Å²) in [4.78, 5) is 0. The van der Waals surface area contributed by atoms with Crippen LogP contribution in [0.4, 0.5) is 13.2 Å². The van der Waals surface area contributed by atoms with Gasteiger partial charge in [-0.05, 0) is 59.2 Å². The normalized spacial score (nSPS) is 14.6. The SMILES string of the molecule is CC(C)(C)Oc1ccc(C(O)C(F)(F)F)cc1OC(C)(C)C. The predicted molar refractivity (Wildman–Crippen MR) is 78.2 cm³/mol. The van der Waals surface area contributed by atoms with Crippen LogP contribution in [-0.4, -0.2) is 22.5 Å². The van der Waals surface area contributed by atoms with Crippen molar-refractivity contribution >= 4 is 0 Å².